The fraction of sp³-hybridized carbons (Fsp3) is 0.292. The maximum Gasteiger partial charge on any atom is 0.273 e. The van der Waals surface area contributed by atoms with E-state index in [9.17, 15) is 9.59 Å². The predicted octanol–water partition coefficient (Wildman–Crippen LogP) is 4.77. The fourth-order valence-corrected chi connectivity index (χ4v) is 2.99. The summed E-state index contributed by atoms with van der Waals surface area (Å²) in [4.78, 5) is 25.3. The number of nitrogens with zero attached hydrogens (tertiary/aromatic N) is 2. The largest absolute Gasteiger partial charge is 0.489 e. The smallest absolute Gasteiger partial charge is 0.273 e. The molecule has 2 aromatic carbocycles. The van der Waals surface area contributed by atoms with E-state index >= 15 is 0 Å². The highest BCUT2D eigenvalue weighted by molar-refractivity contribution is 6.30. The van der Waals surface area contributed by atoms with E-state index in [0.717, 1.165) is 5.56 Å². The van der Waals surface area contributed by atoms with Gasteiger partial charge in [-0.3, -0.25) is 14.3 Å². The maximum absolute atomic E-state index is 12.8. The molecular weight excluding hydrogens is 428 g/mol. The quantitative estimate of drug-likeness (QED) is 0.487. The molecule has 0 bridgehead atoms. The van der Waals surface area contributed by atoms with Gasteiger partial charge in [0.05, 0.1) is 5.69 Å². The number of amides is 2. The Morgan fingerprint density at radius 1 is 1.06 bits per heavy atom. The van der Waals surface area contributed by atoms with E-state index in [2.05, 4.69) is 15.7 Å². The summed E-state index contributed by atoms with van der Waals surface area (Å²) in [5.74, 6) is 0.402. The minimum atomic E-state index is -0.316. The zero-order chi connectivity index (χ0) is 23.1. The van der Waals surface area contributed by atoms with Crippen LogP contribution in [0.3, 0.4) is 0 Å². The van der Waals surface area contributed by atoms with Crippen LogP contribution in [0.5, 0.6) is 5.75 Å². The van der Waals surface area contributed by atoms with Crippen LogP contribution in [0.15, 0.2) is 54.7 Å². The van der Waals surface area contributed by atoms with Crippen molar-refractivity contribution in [3.8, 4) is 5.75 Å². The second-order valence-corrected chi connectivity index (χ2v) is 8.18. The lowest BCUT2D eigenvalue weighted by atomic mass is 10.1. The molecule has 2 N–H and O–H groups in total. The van der Waals surface area contributed by atoms with Gasteiger partial charge in [-0.25, -0.2) is 0 Å². The molecule has 168 valence electrons. The van der Waals surface area contributed by atoms with Gasteiger partial charge in [0.25, 0.3) is 11.8 Å². The van der Waals surface area contributed by atoms with Crippen molar-refractivity contribution in [2.45, 2.75) is 33.9 Å². The Hall–Kier alpha value is -3.32. The molecule has 3 rings (SSSR count). The average Bonchev–Trinajstić information content (AvgIpc) is 3.20. The molecule has 0 aliphatic heterocycles. The standard InChI is InChI=1S/C24H27ClN4O3/c1-4-29-14-21(22(28-29)24(31)26-13-16(2)3)27-23(30)18-7-5-17(6-8-18)15-32-20-11-9-19(25)10-12-20/h5-12,14,16H,4,13,15H2,1-3H3,(H,26,31)(H,27,30). The first kappa shape index (κ1) is 23.3. The SMILES string of the molecule is CCn1cc(NC(=O)c2ccc(COc3ccc(Cl)cc3)cc2)c(C(=O)NCC(C)C)n1. The molecule has 3 aromatic rings. The van der Waals surface area contributed by atoms with Crippen LogP contribution in [0.4, 0.5) is 5.69 Å². The topological polar surface area (TPSA) is 85.2 Å². The molecule has 0 fully saturated rings. The fourth-order valence-electron chi connectivity index (χ4n) is 2.87. The molecule has 0 atom stereocenters. The average molecular weight is 455 g/mol. The molecular formula is C24H27ClN4O3. The summed E-state index contributed by atoms with van der Waals surface area (Å²) in [6.45, 7) is 7.43. The van der Waals surface area contributed by atoms with E-state index in [1.54, 1.807) is 47.3 Å². The Balaban J connectivity index is 1.64. The molecule has 0 aliphatic carbocycles. The number of ether oxygens (including phenoxy) is 1. The predicted molar refractivity (Wildman–Crippen MR) is 125 cm³/mol. The monoisotopic (exact) mass is 454 g/mol. The zero-order valence-corrected chi connectivity index (χ0v) is 19.1. The van der Waals surface area contributed by atoms with Crippen molar-refractivity contribution in [1.82, 2.24) is 15.1 Å². The van der Waals surface area contributed by atoms with E-state index in [4.69, 9.17) is 16.3 Å². The number of carbonyl (C=O) groups is 2. The number of nitrogens with one attached hydrogen (secondary N) is 2. The molecule has 0 spiro atoms. The Morgan fingerprint density at radius 3 is 2.38 bits per heavy atom. The van der Waals surface area contributed by atoms with Crippen LogP contribution < -0.4 is 15.4 Å². The number of hydrogen-bond donors (Lipinski definition) is 2. The number of rotatable bonds is 9. The van der Waals surface area contributed by atoms with Crippen LogP contribution >= 0.6 is 11.6 Å². The summed E-state index contributed by atoms with van der Waals surface area (Å²) in [5, 5.41) is 10.6. The number of carbonyl (C=O) groups excluding carboxylic acids is 2. The van der Waals surface area contributed by atoms with Gasteiger partial charge >= 0.3 is 0 Å². The minimum Gasteiger partial charge on any atom is -0.489 e. The van der Waals surface area contributed by atoms with Crippen LogP contribution in [0.25, 0.3) is 0 Å². The van der Waals surface area contributed by atoms with Gasteiger partial charge in [-0.15, -0.1) is 0 Å². The van der Waals surface area contributed by atoms with Gasteiger partial charge in [-0.1, -0.05) is 37.6 Å². The number of halogens is 1. The third-order valence-corrected chi connectivity index (χ3v) is 4.91. The van der Waals surface area contributed by atoms with Crippen molar-refractivity contribution in [3.63, 3.8) is 0 Å². The lowest BCUT2D eigenvalue weighted by Gasteiger charge is -2.09. The van der Waals surface area contributed by atoms with Gasteiger partial charge in [-0.2, -0.15) is 5.10 Å². The molecule has 8 heteroatoms. The van der Waals surface area contributed by atoms with Crippen LogP contribution in [-0.4, -0.2) is 28.1 Å². The summed E-state index contributed by atoms with van der Waals surface area (Å²) in [6, 6.07) is 14.2. The number of aromatic nitrogens is 2. The molecule has 0 unspecified atom stereocenters. The van der Waals surface area contributed by atoms with Crippen molar-refractivity contribution in [2.24, 2.45) is 5.92 Å². The number of aryl methyl sites for hydroxylation is 1. The van der Waals surface area contributed by atoms with Gasteiger partial charge in [0.1, 0.15) is 12.4 Å². The molecule has 0 aliphatic rings. The highest BCUT2D eigenvalue weighted by Gasteiger charge is 2.19. The lowest BCUT2D eigenvalue weighted by Crippen LogP contribution is -2.28. The van der Waals surface area contributed by atoms with Crippen LogP contribution in [0.2, 0.25) is 5.02 Å². The molecule has 1 aromatic heterocycles. The normalized spacial score (nSPS) is 10.8. The second kappa shape index (κ2) is 10.8. The van der Waals surface area contributed by atoms with Crippen molar-refractivity contribution in [3.05, 3.63) is 76.6 Å². The van der Waals surface area contributed by atoms with E-state index in [-0.39, 0.29) is 17.5 Å². The van der Waals surface area contributed by atoms with Gasteiger partial charge in [-0.05, 0) is 54.8 Å². The lowest BCUT2D eigenvalue weighted by molar-refractivity contribution is 0.0944. The van der Waals surface area contributed by atoms with Crippen molar-refractivity contribution in [2.75, 3.05) is 11.9 Å². The van der Waals surface area contributed by atoms with Gasteiger partial charge < -0.3 is 15.4 Å². The molecule has 0 saturated heterocycles. The number of benzene rings is 2. The Kier molecular flexibility index (Phi) is 7.89. The van der Waals surface area contributed by atoms with Crippen LogP contribution in [0, 0.1) is 5.92 Å². The van der Waals surface area contributed by atoms with E-state index in [1.165, 1.54) is 0 Å². The van der Waals surface area contributed by atoms with Crippen molar-refractivity contribution >= 4 is 29.1 Å². The second-order valence-electron chi connectivity index (χ2n) is 7.74. The van der Waals surface area contributed by atoms with E-state index in [1.807, 2.05) is 32.9 Å². The summed E-state index contributed by atoms with van der Waals surface area (Å²) in [5.41, 5.74) is 1.98. The third kappa shape index (κ3) is 6.34. The first-order chi connectivity index (χ1) is 15.4. The van der Waals surface area contributed by atoms with Gasteiger partial charge in [0.2, 0.25) is 0 Å². The molecule has 32 heavy (non-hydrogen) atoms. The molecule has 2 amide bonds. The first-order valence-corrected chi connectivity index (χ1v) is 10.9. The Morgan fingerprint density at radius 2 is 1.75 bits per heavy atom. The number of anilines is 1. The van der Waals surface area contributed by atoms with Crippen LogP contribution in [0.1, 0.15) is 47.2 Å². The molecule has 1 heterocycles. The third-order valence-electron chi connectivity index (χ3n) is 4.66. The summed E-state index contributed by atoms with van der Waals surface area (Å²) >= 11 is 5.88. The highest BCUT2D eigenvalue weighted by Crippen LogP contribution is 2.18. The van der Waals surface area contributed by atoms with Crippen LogP contribution in [-0.2, 0) is 13.2 Å². The van der Waals surface area contributed by atoms with Gasteiger partial charge in [0, 0.05) is 29.9 Å². The minimum absolute atomic E-state index is 0.203. The molecule has 7 nitrogen and oxygen atoms in total. The van der Waals surface area contributed by atoms with E-state index in [0.29, 0.717) is 47.6 Å². The van der Waals surface area contributed by atoms with Crippen molar-refractivity contribution < 1.29 is 14.3 Å². The Labute approximate surface area is 192 Å². The molecule has 0 saturated carbocycles. The van der Waals surface area contributed by atoms with E-state index < -0.39 is 0 Å². The maximum atomic E-state index is 12.8. The Bertz CT molecular complexity index is 1060. The van der Waals surface area contributed by atoms with Gasteiger partial charge in [0.15, 0.2) is 5.69 Å². The summed E-state index contributed by atoms with van der Waals surface area (Å²) in [7, 11) is 0. The summed E-state index contributed by atoms with van der Waals surface area (Å²) < 4.78 is 7.35. The first-order valence-electron chi connectivity index (χ1n) is 10.5. The summed E-state index contributed by atoms with van der Waals surface area (Å²) in [6.07, 6.45) is 1.66. The number of hydrogen-bond acceptors (Lipinski definition) is 4. The zero-order valence-electron chi connectivity index (χ0n) is 18.4. The molecule has 0 radical (unpaired) electrons. The highest BCUT2D eigenvalue weighted by atomic mass is 35.5. The van der Waals surface area contributed by atoms with Crippen molar-refractivity contribution in [1.29, 1.82) is 0 Å².